The van der Waals surface area contributed by atoms with E-state index in [4.69, 9.17) is 9.47 Å². The van der Waals surface area contributed by atoms with Crippen molar-refractivity contribution < 1.29 is 19.1 Å². The molecule has 2 aromatic carbocycles. The van der Waals surface area contributed by atoms with Gasteiger partial charge in [-0.05, 0) is 48.8 Å². The van der Waals surface area contributed by atoms with Gasteiger partial charge in [0.15, 0.2) is 11.5 Å². The van der Waals surface area contributed by atoms with Gasteiger partial charge >= 0.3 is 0 Å². The van der Waals surface area contributed by atoms with E-state index in [2.05, 4.69) is 6.58 Å². The summed E-state index contributed by atoms with van der Waals surface area (Å²) in [5, 5.41) is 9.44. The summed E-state index contributed by atoms with van der Waals surface area (Å²) < 4.78 is 11.7. The van der Waals surface area contributed by atoms with Gasteiger partial charge in [0.2, 0.25) is 0 Å². The summed E-state index contributed by atoms with van der Waals surface area (Å²) in [7, 11) is 0. The van der Waals surface area contributed by atoms with Crippen molar-refractivity contribution in [2.75, 3.05) is 13.2 Å². The summed E-state index contributed by atoms with van der Waals surface area (Å²) in [6, 6.07) is 17.1. The van der Waals surface area contributed by atoms with Crippen LogP contribution in [0.1, 0.15) is 25.0 Å². The molecule has 32 heavy (non-hydrogen) atoms. The van der Waals surface area contributed by atoms with E-state index in [1.807, 2.05) is 43.3 Å². The highest BCUT2D eigenvalue weighted by Crippen LogP contribution is 2.32. The lowest BCUT2D eigenvalue weighted by atomic mass is 9.93. The normalized spacial score (nSPS) is 15.0. The first kappa shape index (κ1) is 22.6. The Labute approximate surface area is 187 Å². The highest BCUT2D eigenvalue weighted by atomic mass is 16.5. The van der Waals surface area contributed by atoms with E-state index in [1.165, 1.54) is 6.08 Å². The molecule has 0 aromatic heterocycles. The van der Waals surface area contributed by atoms with E-state index < -0.39 is 11.8 Å². The van der Waals surface area contributed by atoms with Gasteiger partial charge in [0.1, 0.15) is 18.2 Å². The Bertz CT molecular complexity index is 1140. The predicted molar refractivity (Wildman–Crippen MR) is 122 cm³/mol. The minimum absolute atomic E-state index is 0.0317. The minimum Gasteiger partial charge on any atom is -0.490 e. The van der Waals surface area contributed by atoms with Gasteiger partial charge in [-0.25, -0.2) is 0 Å². The van der Waals surface area contributed by atoms with Crippen LogP contribution < -0.4 is 9.47 Å². The molecule has 1 heterocycles. The Balaban J connectivity index is 1.96. The summed E-state index contributed by atoms with van der Waals surface area (Å²) in [5.74, 6) is 0.0592. The number of hydrogen-bond donors (Lipinski definition) is 0. The summed E-state index contributed by atoms with van der Waals surface area (Å²) in [6.07, 6.45) is 3.11. The molecule has 0 radical (unpaired) electrons. The molecule has 0 spiro atoms. The van der Waals surface area contributed by atoms with Gasteiger partial charge in [0.25, 0.3) is 11.8 Å². The molecule has 0 bridgehead atoms. The van der Waals surface area contributed by atoms with Crippen LogP contribution in [-0.2, 0) is 16.2 Å². The molecular weight excluding hydrogens is 404 g/mol. The third kappa shape index (κ3) is 4.79. The summed E-state index contributed by atoms with van der Waals surface area (Å²) in [6.45, 7) is 7.94. The molecule has 2 amide bonds. The van der Waals surface area contributed by atoms with Crippen LogP contribution in [0.3, 0.4) is 0 Å². The van der Waals surface area contributed by atoms with Crippen LogP contribution in [0, 0.1) is 11.3 Å². The van der Waals surface area contributed by atoms with E-state index in [1.54, 1.807) is 31.2 Å². The topological polar surface area (TPSA) is 79.6 Å². The first-order chi connectivity index (χ1) is 15.5. The van der Waals surface area contributed by atoms with Crippen molar-refractivity contribution in [3.63, 3.8) is 0 Å². The van der Waals surface area contributed by atoms with E-state index in [0.29, 0.717) is 35.8 Å². The van der Waals surface area contributed by atoms with Crippen LogP contribution >= 0.6 is 0 Å². The lowest BCUT2D eigenvalue weighted by Crippen LogP contribution is -2.42. The van der Waals surface area contributed by atoms with Crippen LogP contribution in [0.4, 0.5) is 0 Å². The lowest BCUT2D eigenvalue weighted by molar-refractivity contribution is -0.139. The van der Waals surface area contributed by atoms with Crippen molar-refractivity contribution in [3.05, 3.63) is 89.0 Å². The average molecular weight is 428 g/mol. The van der Waals surface area contributed by atoms with Crippen molar-refractivity contribution in [2.24, 2.45) is 0 Å². The van der Waals surface area contributed by atoms with Gasteiger partial charge in [0.05, 0.1) is 6.61 Å². The molecule has 0 aliphatic carbocycles. The minimum atomic E-state index is -0.605. The fourth-order valence-electron chi connectivity index (χ4n) is 3.33. The van der Waals surface area contributed by atoms with Crippen LogP contribution in [0.15, 0.2) is 77.9 Å². The van der Waals surface area contributed by atoms with Gasteiger partial charge in [-0.2, -0.15) is 5.26 Å². The zero-order chi connectivity index (χ0) is 23.1. The van der Waals surface area contributed by atoms with Crippen molar-refractivity contribution in [2.45, 2.75) is 20.5 Å². The molecule has 0 fully saturated rings. The van der Waals surface area contributed by atoms with E-state index in [0.717, 1.165) is 10.5 Å². The first-order valence-electron chi connectivity index (χ1n) is 10.2. The number of imide groups is 1. The van der Waals surface area contributed by atoms with Crippen LogP contribution in [0.2, 0.25) is 0 Å². The molecule has 0 unspecified atom stereocenters. The highest BCUT2D eigenvalue weighted by Gasteiger charge is 2.34. The van der Waals surface area contributed by atoms with Crippen molar-refractivity contribution in [1.29, 1.82) is 5.26 Å². The lowest BCUT2D eigenvalue weighted by Gasteiger charge is -2.26. The van der Waals surface area contributed by atoms with Gasteiger partial charge in [-0.15, -0.1) is 6.58 Å². The summed E-state index contributed by atoms with van der Waals surface area (Å²) in [5.41, 5.74) is 2.30. The Morgan fingerprint density at radius 3 is 2.47 bits per heavy atom. The van der Waals surface area contributed by atoms with Gasteiger partial charge < -0.3 is 9.47 Å². The molecule has 6 heteroatoms. The highest BCUT2D eigenvalue weighted by molar-refractivity contribution is 6.19. The number of benzene rings is 2. The maximum absolute atomic E-state index is 12.9. The largest absolute Gasteiger partial charge is 0.490 e. The Morgan fingerprint density at radius 1 is 1.06 bits per heavy atom. The second-order valence-electron chi connectivity index (χ2n) is 7.09. The average Bonchev–Trinajstić information content (AvgIpc) is 2.80. The number of rotatable bonds is 8. The Morgan fingerprint density at radius 2 is 1.81 bits per heavy atom. The Kier molecular flexibility index (Phi) is 7.25. The fraction of sp³-hybridized carbons (Fsp3) is 0.192. The standard InChI is InChI=1S/C26H24N2O4/c1-4-13-28-25(29)21(18(3)22(16-27)26(28)30)14-20-11-12-23(24(15-20)31-5-2)32-17-19-9-7-6-8-10-19/h4,6-12,14-15H,1,5,13,17H2,2-3H3/b21-14+. The smallest absolute Gasteiger partial charge is 0.271 e. The molecular formula is C26H24N2O4. The maximum atomic E-state index is 12.9. The van der Waals surface area contributed by atoms with E-state index in [-0.39, 0.29) is 17.7 Å². The molecule has 0 N–H and O–H groups in total. The predicted octanol–water partition coefficient (Wildman–Crippen LogP) is 4.44. The monoisotopic (exact) mass is 428 g/mol. The van der Waals surface area contributed by atoms with Gasteiger partial charge in [-0.1, -0.05) is 42.5 Å². The number of carbonyl (C=O) groups excluding carboxylic acids is 2. The molecule has 1 aliphatic heterocycles. The SMILES string of the molecule is C=CCN1C(=O)C(C#N)=C(C)/C(=C\c2ccc(OCc3ccccc3)c(OCC)c2)C1=O. The van der Waals surface area contributed by atoms with Crippen molar-refractivity contribution >= 4 is 17.9 Å². The quantitative estimate of drug-likeness (QED) is 0.353. The first-order valence-corrected chi connectivity index (χ1v) is 10.2. The van der Waals surface area contributed by atoms with Crippen molar-refractivity contribution in [3.8, 4) is 17.6 Å². The second-order valence-corrected chi connectivity index (χ2v) is 7.09. The molecule has 1 aliphatic rings. The molecule has 0 atom stereocenters. The molecule has 0 saturated heterocycles. The van der Waals surface area contributed by atoms with Crippen LogP contribution in [0.25, 0.3) is 6.08 Å². The molecule has 0 saturated carbocycles. The number of nitrogens with zero attached hydrogens (tertiary/aromatic N) is 2. The summed E-state index contributed by atoms with van der Waals surface area (Å²) in [4.78, 5) is 26.4. The molecule has 2 aromatic rings. The number of amides is 2. The number of ether oxygens (including phenoxy) is 2. The van der Waals surface area contributed by atoms with Crippen LogP contribution in [-0.4, -0.2) is 29.9 Å². The van der Waals surface area contributed by atoms with Gasteiger partial charge in [-0.3, -0.25) is 14.5 Å². The zero-order valence-corrected chi connectivity index (χ0v) is 18.1. The molecule has 162 valence electrons. The Hall–Kier alpha value is -4.11. The van der Waals surface area contributed by atoms with E-state index >= 15 is 0 Å². The molecule has 6 nitrogen and oxygen atoms in total. The number of nitriles is 1. The van der Waals surface area contributed by atoms with Crippen molar-refractivity contribution in [1.82, 2.24) is 4.90 Å². The van der Waals surface area contributed by atoms with E-state index in [9.17, 15) is 14.9 Å². The molecule has 3 rings (SSSR count). The number of carbonyl (C=O) groups is 2. The van der Waals surface area contributed by atoms with Gasteiger partial charge in [0, 0.05) is 12.1 Å². The fourth-order valence-corrected chi connectivity index (χ4v) is 3.33. The summed E-state index contributed by atoms with van der Waals surface area (Å²) >= 11 is 0. The van der Waals surface area contributed by atoms with Crippen LogP contribution in [0.5, 0.6) is 11.5 Å². The third-order valence-corrected chi connectivity index (χ3v) is 4.95. The third-order valence-electron chi connectivity index (χ3n) is 4.95. The second kappa shape index (κ2) is 10.3. The maximum Gasteiger partial charge on any atom is 0.271 e. The number of hydrogen-bond acceptors (Lipinski definition) is 5. The zero-order valence-electron chi connectivity index (χ0n) is 18.1.